The Bertz CT molecular complexity index is 386. The van der Waals surface area contributed by atoms with Gasteiger partial charge in [-0.15, -0.1) is 0 Å². The molecule has 0 amide bonds. The average molecular weight is 248 g/mol. The highest BCUT2D eigenvalue weighted by Crippen LogP contribution is 2.29. The van der Waals surface area contributed by atoms with Crippen molar-refractivity contribution >= 4 is 0 Å². The van der Waals surface area contributed by atoms with Gasteiger partial charge in [-0.25, -0.2) is 0 Å². The van der Waals surface area contributed by atoms with Crippen LogP contribution in [0.1, 0.15) is 42.0 Å². The Balaban J connectivity index is 2.09. The second kappa shape index (κ2) is 6.32. The minimum Gasteiger partial charge on any atom is -0.381 e. The number of aryl methyl sites for hydroxylation is 1. The number of hydrogen-bond donors (Lipinski definition) is 2. The first-order valence-electron chi connectivity index (χ1n) is 6.82. The Morgan fingerprint density at radius 3 is 2.72 bits per heavy atom. The third kappa shape index (κ3) is 3.10. The van der Waals surface area contributed by atoms with Crippen LogP contribution >= 0.6 is 0 Å². The molecule has 18 heavy (non-hydrogen) atoms. The number of rotatable bonds is 4. The molecule has 0 aliphatic carbocycles. The van der Waals surface area contributed by atoms with E-state index in [4.69, 9.17) is 10.6 Å². The van der Waals surface area contributed by atoms with E-state index >= 15 is 0 Å². The molecule has 0 saturated carbocycles. The predicted molar refractivity (Wildman–Crippen MR) is 74.1 cm³/mol. The van der Waals surface area contributed by atoms with Crippen molar-refractivity contribution in [3.63, 3.8) is 0 Å². The van der Waals surface area contributed by atoms with Gasteiger partial charge in [0.2, 0.25) is 0 Å². The summed E-state index contributed by atoms with van der Waals surface area (Å²) in [6, 6.07) is 6.71. The van der Waals surface area contributed by atoms with Gasteiger partial charge in [0.1, 0.15) is 0 Å². The number of hydrazine groups is 1. The molecule has 0 spiro atoms. The Hall–Kier alpha value is -0.900. The first kappa shape index (κ1) is 13.5. The molecule has 0 bridgehead atoms. The molecular formula is C15H24N2O. The summed E-state index contributed by atoms with van der Waals surface area (Å²) in [5.74, 6) is 6.48. The quantitative estimate of drug-likeness (QED) is 0.636. The molecule has 1 aliphatic rings. The molecule has 3 N–H and O–H groups in total. The van der Waals surface area contributed by atoms with E-state index in [1.165, 1.54) is 16.7 Å². The van der Waals surface area contributed by atoms with Crippen LogP contribution in [0.3, 0.4) is 0 Å². The highest BCUT2D eigenvalue weighted by Gasteiger charge is 2.21. The fraction of sp³-hybridized carbons (Fsp3) is 0.600. The maximum atomic E-state index is 5.76. The molecule has 3 heteroatoms. The predicted octanol–water partition coefficient (Wildman–Crippen LogP) is 2.62. The van der Waals surface area contributed by atoms with Crippen LogP contribution in [-0.2, 0) is 4.74 Å². The highest BCUT2D eigenvalue weighted by atomic mass is 16.5. The van der Waals surface area contributed by atoms with E-state index < -0.39 is 0 Å². The van der Waals surface area contributed by atoms with E-state index in [1.807, 2.05) is 0 Å². The average Bonchev–Trinajstić information content (AvgIpc) is 2.41. The van der Waals surface area contributed by atoms with Crippen LogP contribution < -0.4 is 11.3 Å². The zero-order valence-corrected chi connectivity index (χ0v) is 11.4. The summed E-state index contributed by atoms with van der Waals surface area (Å²) >= 11 is 0. The lowest BCUT2D eigenvalue weighted by Crippen LogP contribution is -2.31. The van der Waals surface area contributed by atoms with Gasteiger partial charge in [0.05, 0.1) is 0 Å². The van der Waals surface area contributed by atoms with Gasteiger partial charge in [0, 0.05) is 19.3 Å². The van der Waals surface area contributed by atoms with Crippen molar-refractivity contribution < 1.29 is 4.74 Å². The zero-order chi connectivity index (χ0) is 13.0. The van der Waals surface area contributed by atoms with Crippen LogP contribution in [0.2, 0.25) is 0 Å². The zero-order valence-electron chi connectivity index (χ0n) is 11.4. The van der Waals surface area contributed by atoms with Gasteiger partial charge < -0.3 is 4.74 Å². The summed E-state index contributed by atoms with van der Waals surface area (Å²) in [7, 11) is 0. The van der Waals surface area contributed by atoms with E-state index in [-0.39, 0.29) is 6.04 Å². The van der Waals surface area contributed by atoms with Gasteiger partial charge in [-0.1, -0.05) is 18.2 Å². The van der Waals surface area contributed by atoms with Crippen molar-refractivity contribution in [3.05, 3.63) is 34.9 Å². The molecule has 1 saturated heterocycles. The summed E-state index contributed by atoms with van der Waals surface area (Å²) in [6.07, 6.45) is 3.41. The standard InChI is InChI=1S/C15H24N2O/c1-11-4-3-5-14(12(11)2)15(17-16)10-13-6-8-18-9-7-13/h3-5,13,15,17H,6-10,16H2,1-2H3. The number of ether oxygens (including phenoxy) is 1. The maximum Gasteiger partial charge on any atom is 0.0468 e. The molecule has 1 aromatic carbocycles. The van der Waals surface area contributed by atoms with Crippen molar-refractivity contribution in [3.8, 4) is 0 Å². The first-order chi connectivity index (χ1) is 8.72. The lowest BCUT2D eigenvalue weighted by atomic mass is 9.87. The molecule has 0 aromatic heterocycles. The molecule has 1 aromatic rings. The van der Waals surface area contributed by atoms with Crippen LogP contribution in [-0.4, -0.2) is 13.2 Å². The van der Waals surface area contributed by atoms with Crippen LogP contribution in [0.25, 0.3) is 0 Å². The molecule has 1 atom stereocenters. The van der Waals surface area contributed by atoms with Crippen LogP contribution in [0.5, 0.6) is 0 Å². The first-order valence-corrected chi connectivity index (χ1v) is 6.82. The molecule has 1 fully saturated rings. The van der Waals surface area contributed by atoms with Crippen LogP contribution in [0.15, 0.2) is 18.2 Å². The minimum absolute atomic E-state index is 0.257. The summed E-state index contributed by atoms with van der Waals surface area (Å²) in [4.78, 5) is 0. The molecule has 100 valence electrons. The molecular weight excluding hydrogens is 224 g/mol. The van der Waals surface area contributed by atoms with Crippen molar-refractivity contribution in [2.24, 2.45) is 11.8 Å². The van der Waals surface area contributed by atoms with E-state index in [1.54, 1.807) is 0 Å². The molecule has 1 aliphatic heterocycles. The van der Waals surface area contributed by atoms with Gasteiger partial charge in [0.25, 0.3) is 0 Å². The van der Waals surface area contributed by atoms with Crippen LogP contribution in [0, 0.1) is 19.8 Å². The second-order valence-corrected chi connectivity index (χ2v) is 5.30. The molecule has 3 nitrogen and oxygen atoms in total. The summed E-state index contributed by atoms with van der Waals surface area (Å²) in [5, 5.41) is 0. The van der Waals surface area contributed by atoms with Crippen molar-refractivity contribution in [2.45, 2.75) is 39.2 Å². The molecule has 0 radical (unpaired) electrons. The van der Waals surface area contributed by atoms with E-state index in [0.29, 0.717) is 0 Å². The van der Waals surface area contributed by atoms with Crippen molar-refractivity contribution in [1.29, 1.82) is 0 Å². The van der Waals surface area contributed by atoms with Crippen LogP contribution in [0.4, 0.5) is 0 Å². The Morgan fingerprint density at radius 2 is 2.06 bits per heavy atom. The summed E-state index contributed by atoms with van der Waals surface area (Å²) in [5.41, 5.74) is 7.02. The number of benzene rings is 1. The smallest absolute Gasteiger partial charge is 0.0468 e. The fourth-order valence-corrected chi connectivity index (χ4v) is 2.75. The fourth-order valence-electron chi connectivity index (χ4n) is 2.75. The van der Waals surface area contributed by atoms with Gasteiger partial charge >= 0.3 is 0 Å². The number of nitrogens with one attached hydrogen (secondary N) is 1. The van der Waals surface area contributed by atoms with E-state index in [9.17, 15) is 0 Å². The third-order valence-electron chi connectivity index (χ3n) is 4.13. The normalized spacial score (nSPS) is 18.8. The summed E-state index contributed by atoms with van der Waals surface area (Å²) in [6.45, 7) is 6.13. The van der Waals surface area contributed by atoms with Crippen molar-refractivity contribution in [1.82, 2.24) is 5.43 Å². The molecule has 2 rings (SSSR count). The van der Waals surface area contributed by atoms with Crippen molar-refractivity contribution in [2.75, 3.05) is 13.2 Å². The maximum absolute atomic E-state index is 5.76. The number of nitrogens with two attached hydrogens (primary N) is 1. The second-order valence-electron chi connectivity index (χ2n) is 5.30. The van der Waals surface area contributed by atoms with Gasteiger partial charge in [0.15, 0.2) is 0 Å². The highest BCUT2D eigenvalue weighted by molar-refractivity contribution is 5.35. The lowest BCUT2D eigenvalue weighted by Gasteiger charge is -2.27. The largest absolute Gasteiger partial charge is 0.381 e. The Kier molecular flexibility index (Phi) is 4.75. The third-order valence-corrected chi connectivity index (χ3v) is 4.13. The van der Waals surface area contributed by atoms with E-state index in [0.717, 1.165) is 38.4 Å². The number of hydrogen-bond acceptors (Lipinski definition) is 3. The summed E-state index contributed by atoms with van der Waals surface area (Å²) < 4.78 is 5.41. The monoisotopic (exact) mass is 248 g/mol. The SMILES string of the molecule is Cc1cccc(C(CC2CCOCC2)NN)c1C. The lowest BCUT2D eigenvalue weighted by molar-refractivity contribution is 0.0605. The van der Waals surface area contributed by atoms with E-state index in [2.05, 4.69) is 37.5 Å². The van der Waals surface area contributed by atoms with Gasteiger partial charge in [-0.3, -0.25) is 11.3 Å². The van der Waals surface area contributed by atoms with Gasteiger partial charge in [-0.2, -0.15) is 0 Å². The Labute approximate surface area is 110 Å². The molecule has 1 heterocycles. The molecule has 1 unspecified atom stereocenters. The van der Waals surface area contributed by atoms with Gasteiger partial charge in [-0.05, 0) is 55.7 Å². The Morgan fingerprint density at radius 1 is 1.33 bits per heavy atom. The topological polar surface area (TPSA) is 47.3 Å². The minimum atomic E-state index is 0.257.